The first-order chi connectivity index (χ1) is 14.6. The average Bonchev–Trinajstić information content (AvgIpc) is 2.74. The number of carbonyl (C=O) groups is 1. The first-order valence-corrected chi connectivity index (χ1v) is 10.5. The van der Waals surface area contributed by atoms with Crippen LogP contribution in [0, 0.1) is 22.6 Å². The van der Waals surface area contributed by atoms with Crippen LogP contribution in [0.2, 0.25) is 0 Å². The maximum Gasteiger partial charge on any atom is 0.123 e. The molecule has 31 heavy (non-hydrogen) atoms. The zero-order valence-electron chi connectivity index (χ0n) is 19.6. The molecule has 5 nitrogen and oxygen atoms in total. The Bertz CT molecular complexity index is 819. The van der Waals surface area contributed by atoms with Crippen LogP contribution in [0.1, 0.15) is 51.2 Å². The van der Waals surface area contributed by atoms with Gasteiger partial charge in [-0.1, -0.05) is 33.8 Å². The molecule has 6 heteroatoms. The number of benzene rings is 2. The van der Waals surface area contributed by atoms with E-state index in [1.807, 2.05) is 32.0 Å². The summed E-state index contributed by atoms with van der Waals surface area (Å²) in [6, 6.07) is 12.6. The number of halogens is 1. The number of nitrogens with one attached hydrogen (secondary N) is 3. The smallest absolute Gasteiger partial charge is 0.123 e. The highest BCUT2D eigenvalue weighted by Gasteiger charge is 2.31. The fourth-order valence-electron chi connectivity index (χ4n) is 3.58. The van der Waals surface area contributed by atoms with Crippen molar-refractivity contribution in [2.45, 2.75) is 40.0 Å². The number of nitrogens with zero attached hydrogens (tertiary/aromatic N) is 1. The summed E-state index contributed by atoms with van der Waals surface area (Å²) in [4.78, 5) is 8.00. The Morgan fingerprint density at radius 1 is 1.13 bits per heavy atom. The summed E-state index contributed by atoms with van der Waals surface area (Å²) in [6.45, 7) is 12.0. The Morgan fingerprint density at radius 2 is 1.74 bits per heavy atom. The highest BCUT2D eigenvalue weighted by molar-refractivity contribution is 5.87. The third-order valence-corrected chi connectivity index (χ3v) is 5.26. The van der Waals surface area contributed by atoms with Gasteiger partial charge in [0.15, 0.2) is 0 Å². The van der Waals surface area contributed by atoms with Gasteiger partial charge in [0.05, 0.1) is 0 Å². The number of hydrogen-bond acceptors (Lipinski definition) is 5. The molecular formula is C25H37FN4O. The fraction of sp³-hybridized carbons (Fsp3) is 0.440. The molecule has 1 atom stereocenters. The molecule has 0 saturated heterocycles. The summed E-state index contributed by atoms with van der Waals surface area (Å²) >= 11 is 0. The molecule has 0 heterocycles. The molecule has 2 aromatic rings. The van der Waals surface area contributed by atoms with Gasteiger partial charge in [-0.3, -0.25) is 10.4 Å². The van der Waals surface area contributed by atoms with E-state index in [2.05, 4.69) is 50.6 Å². The molecule has 170 valence electrons. The highest BCUT2D eigenvalue weighted by atomic mass is 19.1. The average molecular weight is 429 g/mol. The van der Waals surface area contributed by atoms with Crippen LogP contribution in [0.5, 0.6) is 0 Å². The lowest BCUT2D eigenvalue weighted by Gasteiger charge is -2.37. The number of carbonyl (C=O) groups excluding carboxylic acids is 1. The molecule has 0 aliphatic carbocycles. The van der Waals surface area contributed by atoms with Crippen LogP contribution in [0.15, 0.2) is 42.5 Å². The van der Waals surface area contributed by atoms with E-state index in [0.29, 0.717) is 11.8 Å². The summed E-state index contributed by atoms with van der Waals surface area (Å²) in [5.74, 6) is 0.663. The lowest BCUT2D eigenvalue weighted by Crippen LogP contribution is -2.41. The highest BCUT2D eigenvalue weighted by Crippen LogP contribution is 2.41. The van der Waals surface area contributed by atoms with Crippen molar-refractivity contribution in [2.24, 2.45) is 11.3 Å². The van der Waals surface area contributed by atoms with Crippen molar-refractivity contribution in [3.05, 3.63) is 59.4 Å². The van der Waals surface area contributed by atoms with E-state index in [9.17, 15) is 4.39 Å². The van der Waals surface area contributed by atoms with E-state index in [1.165, 1.54) is 23.9 Å². The predicted molar refractivity (Wildman–Crippen MR) is 129 cm³/mol. The van der Waals surface area contributed by atoms with Crippen LogP contribution >= 0.6 is 0 Å². The molecular weight excluding hydrogens is 391 g/mol. The van der Waals surface area contributed by atoms with E-state index in [1.54, 1.807) is 12.1 Å². The standard InChI is InChI=1S/C24H35FN4.CH2O/c1-17(2)13-22(24(3,4)16-27-29(5)6)18-7-12-23(19(14-18)15-26)28-21-10-8-20(25)9-11-21;1-2/h7-12,14-15,17,22,26-28H,13,16H2,1-6H3;1H2. The quantitative estimate of drug-likeness (QED) is 0.340. The summed E-state index contributed by atoms with van der Waals surface area (Å²) in [7, 11) is 4.02. The van der Waals surface area contributed by atoms with Gasteiger partial charge in [-0.2, -0.15) is 0 Å². The normalized spacial score (nSPS) is 12.3. The SMILES string of the molecule is C=O.CC(C)CC(c1ccc(Nc2ccc(F)cc2)c(C=N)c1)C(C)(C)CNN(C)C. The van der Waals surface area contributed by atoms with E-state index < -0.39 is 0 Å². The summed E-state index contributed by atoms with van der Waals surface area (Å²) in [5.41, 5.74) is 7.20. The molecule has 0 aliphatic rings. The summed E-state index contributed by atoms with van der Waals surface area (Å²) in [5, 5.41) is 13.2. The molecule has 2 rings (SSSR count). The maximum atomic E-state index is 13.2. The predicted octanol–water partition coefficient (Wildman–Crippen LogP) is 5.60. The second kappa shape index (κ2) is 12.3. The third kappa shape index (κ3) is 8.23. The molecule has 0 bridgehead atoms. The van der Waals surface area contributed by atoms with Crippen molar-refractivity contribution in [1.82, 2.24) is 10.4 Å². The van der Waals surface area contributed by atoms with Crippen molar-refractivity contribution < 1.29 is 9.18 Å². The molecule has 0 spiro atoms. The first kappa shape index (κ1) is 26.5. The van der Waals surface area contributed by atoms with Gasteiger partial charge >= 0.3 is 0 Å². The van der Waals surface area contributed by atoms with Gasteiger partial charge in [-0.25, -0.2) is 4.39 Å². The minimum atomic E-state index is -0.261. The molecule has 0 fully saturated rings. The number of hydrogen-bond donors (Lipinski definition) is 3. The van der Waals surface area contributed by atoms with Crippen LogP contribution in [-0.2, 0) is 4.79 Å². The van der Waals surface area contributed by atoms with Crippen LogP contribution in [0.25, 0.3) is 0 Å². The van der Waals surface area contributed by atoms with Gasteiger partial charge in [-0.05, 0) is 65.6 Å². The monoisotopic (exact) mass is 428 g/mol. The molecule has 0 amide bonds. The summed E-state index contributed by atoms with van der Waals surface area (Å²) in [6.07, 6.45) is 2.46. The minimum absolute atomic E-state index is 0.0414. The van der Waals surface area contributed by atoms with E-state index in [4.69, 9.17) is 10.2 Å². The number of rotatable bonds is 10. The van der Waals surface area contributed by atoms with Crippen molar-refractivity contribution in [3.63, 3.8) is 0 Å². The topological polar surface area (TPSA) is 68.2 Å². The molecule has 0 radical (unpaired) electrons. The van der Waals surface area contributed by atoms with Gasteiger partial charge in [-0.15, -0.1) is 0 Å². The van der Waals surface area contributed by atoms with Gasteiger partial charge in [0, 0.05) is 43.8 Å². The zero-order chi connectivity index (χ0) is 23.6. The number of hydrazine groups is 1. The maximum absolute atomic E-state index is 13.2. The Kier molecular flexibility index (Phi) is 10.5. The van der Waals surface area contributed by atoms with E-state index >= 15 is 0 Å². The Labute approximate surface area is 186 Å². The molecule has 0 aromatic heterocycles. The van der Waals surface area contributed by atoms with Crippen molar-refractivity contribution in [1.29, 1.82) is 5.41 Å². The fourth-order valence-corrected chi connectivity index (χ4v) is 3.58. The lowest BCUT2D eigenvalue weighted by atomic mass is 9.71. The lowest BCUT2D eigenvalue weighted by molar-refractivity contribution is -0.0979. The van der Waals surface area contributed by atoms with Crippen LogP contribution in [-0.4, -0.2) is 38.7 Å². The minimum Gasteiger partial charge on any atom is -0.355 e. The van der Waals surface area contributed by atoms with Crippen LogP contribution in [0.4, 0.5) is 15.8 Å². The Morgan fingerprint density at radius 3 is 2.26 bits per heavy atom. The van der Waals surface area contributed by atoms with Gasteiger partial charge in [0.2, 0.25) is 0 Å². The molecule has 1 unspecified atom stereocenters. The Hall–Kier alpha value is -2.57. The van der Waals surface area contributed by atoms with Crippen molar-refractivity contribution in [2.75, 3.05) is 26.0 Å². The van der Waals surface area contributed by atoms with Gasteiger partial charge in [0.1, 0.15) is 12.6 Å². The summed E-state index contributed by atoms with van der Waals surface area (Å²) < 4.78 is 13.2. The van der Waals surface area contributed by atoms with Crippen molar-refractivity contribution >= 4 is 24.4 Å². The Balaban J connectivity index is 0.00000233. The first-order valence-electron chi connectivity index (χ1n) is 10.5. The molecule has 2 aromatic carbocycles. The zero-order valence-corrected chi connectivity index (χ0v) is 19.6. The van der Waals surface area contributed by atoms with Gasteiger partial charge < -0.3 is 15.5 Å². The largest absolute Gasteiger partial charge is 0.355 e. The second-order valence-electron chi connectivity index (χ2n) is 9.02. The van der Waals surface area contributed by atoms with Gasteiger partial charge in [0.25, 0.3) is 0 Å². The van der Waals surface area contributed by atoms with Crippen molar-refractivity contribution in [3.8, 4) is 0 Å². The number of anilines is 2. The molecule has 3 N–H and O–H groups in total. The van der Waals surface area contributed by atoms with E-state index in [-0.39, 0.29) is 11.2 Å². The second-order valence-corrected chi connectivity index (χ2v) is 9.02. The molecule has 0 saturated carbocycles. The third-order valence-electron chi connectivity index (χ3n) is 5.26. The van der Waals surface area contributed by atoms with Crippen LogP contribution < -0.4 is 10.7 Å². The van der Waals surface area contributed by atoms with Crippen LogP contribution in [0.3, 0.4) is 0 Å². The van der Waals surface area contributed by atoms with E-state index in [0.717, 1.165) is 29.9 Å². The molecule has 0 aliphatic heterocycles.